The van der Waals surface area contributed by atoms with Gasteiger partial charge in [-0.15, -0.1) is 11.6 Å². The molecule has 0 bridgehead atoms. The second kappa shape index (κ2) is 6.64. The molecular formula is C13H13ClF2N2O2S. The SMILES string of the molecule is O=S(=O)(c1cccc2cnccc12)N(CCCl)CC(F)F. The van der Waals surface area contributed by atoms with E-state index in [1.165, 1.54) is 18.5 Å². The van der Waals surface area contributed by atoms with E-state index >= 15 is 0 Å². The largest absolute Gasteiger partial charge is 0.264 e. The molecule has 0 N–H and O–H groups in total. The number of nitrogens with zero attached hydrogens (tertiary/aromatic N) is 2. The van der Waals surface area contributed by atoms with Gasteiger partial charge in [0, 0.05) is 35.6 Å². The van der Waals surface area contributed by atoms with Crippen molar-refractivity contribution in [3.63, 3.8) is 0 Å². The van der Waals surface area contributed by atoms with E-state index < -0.39 is 23.0 Å². The number of benzene rings is 1. The van der Waals surface area contributed by atoms with Crippen LogP contribution in [0.1, 0.15) is 0 Å². The standard InChI is InChI=1S/C13H13ClF2N2O2S/c14-5-7-18(9-13(15)16)21(19,20)12-3-1-2-10-8-17-6-4-11(10)12/h1-4,6,8,13H,5,7,9H2. The Hall–Kier alpha value is -1.31. The summed E-state index contributed by atoms with van der Waals surface area (Å²) >= 11 is 5.53. The normalized spacial score (nSPS) is 12.4. The summed E-state index contributed by atoms with van der Waals surface area (Å²) in [4.78, 5) is 3.90. The summed E-state index contributed by atoms with van der Waals surface area (Å²) < 4.78 is 51.1. The number of rotatable bonds is 6. The van der Waals surface area contributed by atoms with Crippen LogP contribution in [0.3, 0.4) is 0 Å². The Morgan fingerprint density at radius 3 is 2.71 bits per heavy atom. The van der Waals surface area contributed by atoms with Crippen LogP contribution >= 0.6 is 11.6 Å². The van der Waals surface area contributed by atoms with Crippen molar-refractivity contribution < 1.29 is 17.2 Å². The zero-order valence-electron chi connectivity index (χ0n) is 10.9. The number of hydrogen-bond acceptors (Lipinski definition) is 3. The summed E-state index contributed by atoms with van der Waals surface area (Å²) in [5, 5.41) is 1.07. The summed E-state index contributed by atoms with van der Waals surface area (Å²) in [7, 11) is -4.04. The molecule has 0 fully saturated rings. The average molecular weight is 335 g/mol. The van der Waals surface area contributed by atoms with Crippen LogP contribution in [0.25, 0.3) is 10.8 Å². The lowest BCUT2D eigenvalue weighted by Crippen LogP contribution is -2.36. The van der Waals surface area contributed by atoms with Crippen molar-refractivity contribution in [2.75, 3.05) is 19.0 Å². The molecule has 21 heavy (non-hydrogen) atoms. The van der Waals surface area contributed by atoms with Gasteiger partial charge in [-0.3, -0.25) is 4.98 Å². The molecule has 0 aliphatic heterocycles. The smallest absolute Gasteiger partial charge is 0.252 e. The fourth-order valence-corrected chi connectivity index (χ4v) is 3.95. The molecule has 0 unspecified atom stereocenters. The molecule has 0 aliphatic carbocycles. The number of aromatic nitrogens is 1. The van der Waals surface area contributed by atoms with Gasteiger partial charge >= 0.3 is 0 Å². The van der Waals surface area contributed by atoms with E-state index in [4.69, 9.17) is 11.6 Å². The number of sulfonamides is 1. The van der Waals surface area contributed by atoms with E-state index in [-0.39, 0.29) is 17.3 Å². The first kappa shape index (κ1) is 16.1. The van der Waals surface area contributed by atoms with Crippen molar-refractivity contribution in [3.8, 4) is 0 Å². The summed E-state index contributed by atoms with van der Waals surface area (Å²) in [5.41, 5.74) is 0. The molecule has 0 atom stereocenters. The first-order valence-electron chi connectivity index (χ1n) is 6.14. The molecule has 2 rings (SSSR count). The van der Waals surface area contributed by atoms with E-state index in [2.05, 4.69) is 4.98 Å². The Labute approximate surface area is 126 Å². The second-order valence-electron chi connectivity index (χ2n) is 4.30. The Morgan fingerprint density at radius 1 is 1.29 bits per heavy atom. The van der Waals surface area contributed by atoms with Crippen LogP contribution < -0.4 is 0 Å². The quantitative estimate of drug-likeness (QED) is 0.763. The third-order valence-electron chi connectivity index (χ3n) is 2.93. The minimum atomic E-state index is -4.04. The number of alkyl halides is 3. The lowest BCUT2D eigenvalue weighted by Gasteiger charge is -2.21. The number of pyridine rings is 1. The molecule has 1 aromatic heterocycles. The Balaban J connectivity index is 2.54. The molecule has 4 nitrogen and oxygen atoms in total. The molecule has 2 aromatic rings. The van der Waals surface area contributed by atoms with Crippen molar-refractivity contribution in [2.45, 2.75) is 11.3 Å². The van der Waals surface area contributed by atoms with Crippen LogP contribution in [0.4, 0.5) is 8.78 Å². The molecule has 1 aromatic carbocycles. The predicted molar refractivity (Wildman–Crippen MR) is 77.2 cm³/mol. The first-order chi connectivity index (χ1) is 9.96. The van der Waals surface area contributed by atoms with Gasteiger partial charge in [0.2, 0.25) is 10.0 Å². The average Bonchev–Trinajstić information content (AvgIpc) is 2.45. The zero-order chi connectivity index (χ0) is 15.5. The highest BCUT2D eigenvalue weighted by molar-refractivity contribution is 7.89. The van der Waals surface area contributed by atoms with Gasteiger partial charge in [0.15, 0.2) is 0 Å². The maximum absolute atomic E-state index is 12.6. The molecule has 0 saturated heterocycles. The minimum absolute atomic E-state index is 0.0202. The van der Waals surface area contributed by atoms with Crippen LogP contribution in [0.2, 0.25) is 0 Å². The van der Waals surface area contributed by atoms with Crippen molar-refractivity contribution in [2.24, 2.45) is 0 Å². The van der Waals surface area contributed by atoms with E-state index in [9.17, 15) is 17.2 Å². The maximum Gasteiger partial charge on any atom is 0.252 e. The molecule has 0 spiro atoms. The monoisotopic (exact) mass is 334 g/mol. The Morgan fingerprint density at radius 2 is 2.05 bits per heavy atom. The van der Waals surface area contributed by atoms with Crippen LogP contribution in [-0.2, 0) is 10.0 Å². The second-order valence-corrected chi connectivity index (χ2v) is 6.58. The Bertz CT molecular complexity index is 720. The summed E-state index contributed by atoms with van der Waals surface area (Å²) in [6, 6.07) is 6.20. The minimum Gasteiger partial charge on any atom is -0.264 e. The van der Waals surface area contributed by atoms with Gasteiger partial charge < -0.3 is 0 Å². The van der Waals surface area contributed by atoms with Gasteiger partial charge in [-0.05, 0) is 12.1 Å². The summed E-state index contributed by atoms with van der Waals surface area (Å²) in [6.45, 7) is -1.05. The van der Waals surface area contributed by atoms with Crippen molar-refractivity contribution in [1.82, 2.24) is 9.29 Å². The fourth-order valence-electron chi connectivity index (χ4n) is 2.01. The molecular weight excluding hydrogens is 322 g/mol. The number of hydrogen-bond donors (Lipinski definition) is 0. The van der Waals surface area contributed by atoms with Gasteiger partial charge in [-0.25, -0.2) is 17.2 Å². The van der Waals surface area contributed by atoms with E-state index in [1.807, 2.05) is 0 Å². The maximum atomic E-state index is 12.6. The molecule has 0 radical (unpaired) electrons. The summed E-state index contributed by atoms with van der Waals surface area (Å²) in [5.74, 6) is -0.0573. The third-order valence-corrected chi connectivity index (χ3v) is 5.03. The van der Waals surface area contributed by atoms with Gasteiger partial charge in [0.05, 0.1) is 11.4 Å². The lowest BCUT2D eigenvalue weighted by molar-refractivity contribution is 0.121. The van der Waals surface area contributed by atoms with Crippen molar-refractivity contribution in [3.05, 3.63) is 36.7 Å². The van der Waals surface area contributed by atoms with E-state index in [1.54, 1.807) is 18.2 Å². The highest BCUT2D eigenvalue weighted by Crippen LogP contribution is 2.25. The Kier molecular flexibility index (Phi) is 5.08. The van der Waals surface area contributed by atoms with Crippen molar-refractivity contribution in [1.29, 1.82) is 0 Å². The molecule has 0 amide bonds. The lowest BCUT2D eigenvalue weighted by atomic mass is 10.2. The van der Waals surface area contributed by atoms with Gasteiger partial charge in [0.1, 0.15) is 0 Å². The van der Waals surface area contributed by atoms with E-state index in [0.29, 0.717) is 15.1 Å². The van der Waals surface area contributed by atoms with Crippen LogP contribution in [0.5, 0.6) is 0 Å². The molecule has 0 aliphatic rings. The highest BCUT2D eigenvalue weighted by atomic mass is 35.5. The third kappa shape index (κ3) is 3.48. The molecule has 114 valence electrons. The zero-order valence-corrected chi connectivity index (χ0v) is 12.5. The van der Waals surface area contributed by atoms with Crippen LogP contribution in [0, 0.1) is 0 Å². The molecule has 8 heteroatoms. The van der Waals surface area contributed by atoms with Crippen LogP contribution in [-0.4, -0.2) is 43.1 Å². The van der Waals surface area contributed by atoms with Crippen LogP contribution in [0.15, 0.2) is 41.6 Å². The van der Waals surface area contributed by atoms with Gasteiger partial charge in [0.25, 0.3) is 6.43 Å². The number of halogens is 3. The fraction of sp³-hybridized carbons (Fsp3) is 0.308. The molecule has 0 saturated carbocycles. The topological polar surface area (TPSA) is 50.3 Å². The summed E-state index contributed by atoms with van der Waals surface area (Å²) in [6.07, 6.45) is 0.216. The first-order valence-corrected chi connectivity index (χ1v) is 8.11. The van der Waals surface area contributed by atoms with E-state index in [0.717, 1.165) is 0 Å². The molecule has 1 heterocycles. The number of fused-ring (bicyclic) bond motifs is 1. The predicted octanol–water partition coefficient (Wildman–Crippen LogP) is 2.73. The van der Waals surface area contributed by atoms with Gasteiger partial charge in [-0.2, -0.15) is 4.31 Å². The van der Waals surface area contributed by atoms with Gasteiger partial charge in [-0.1, -0.05) is 12.1 Å². The highest BCUT2D eigenvalue weighted by Gasteiger charge is 2.28. The van der Waals surface area contributed by atoms with Crippen molar-refractivity contribution >= 4 is 32.4 Å².